The molecule has 2 atom stereocenters. The molecule has 0 saturated heterocycles. The van der Waals surface area contributed by atoms with Crippen LogP contribution in [0.3, 0.4) is 0 Å². The van der Waals surface area contributed by atoms with Crippen LogP contribution in [0.1, 0.15) is 20.7 Å². The molecule has 0 aliphatic heterocycles. The van der Waals surface area contributed by atoms with Crippen molar-refractivity contribution in [1.82, 2.24) is 10.6 Å². The highest BCUT2D eigenvalue weighted by molar-refractivity contribution is 6.01. The van der Waals surface area contributed by atoms with Gasteiger partial charge in [-0.05, 0) is 18.2 Å². The smallest absolute Gasteiger partial charge is 0.251 e. The first-order valence-corrected chi connectivity index (χ1v) is 6.89. The van der Waals surface area contributed by atoms with E-state index in [9.17, 15) is 19.8 Å². The second-order valence-corrected chi connectivity index (χ2v) is 4.92. The van der Waals surface area contributed by atoms with Crippen LogP contribution in [0.15, 0.2) is 18.2 Å². The van der Waals surface area contributed by atoms with Crippen molar-refractivity contribution in [3.8, 4) is 0 Å². The number of benzene rings is 1. The van der Waals surface area contributed by atoms with Gasteiger partial charge in [-0.1, -0.05) is 0 Å². The van der Waals surface area contributed by atoms with Gasteiger partial charge in [-0.3, -0.25) is 9.59 Å². The third-order valence-corrected chi connectivity index (χ3v) is 2.88. The van der Waals surface area contributed by atoms with E-state index < -0.39 is 37.2 Å². The van der Waals surface area contributed by atoms with Crippen LogP contribution in [0.2, 0.25) is 0 Å². The number of aliphatic hydroxyl groups is 3. The molecule has 0 radical (unpaired) electrons. The minimum atomic E-state index is -1.19. The van der Waals surface area contributed by atoms with Crippen molar-refractivity contribution in [3.05, 3.63) is 29.3 Å². The number of nitrogens with one attached hydrogen (secondary N) is 2. The van der Waals surface area contributed by atoms with E-state index in [-0.39, 0.29) is 29.9 Å². The van der Waals surface area contributed by atoms with Crippen molar-refractivity contribution < 1.29 is 30.0 Å². The normalized spacial score (nSPS) is 13.2. The molecule has 0 bridgehead atoms. The van der Waals surface area contributed by atoms with Gasteiger partial charge < -0.3 is 36.8 Å². The average Bonchev–Trinajstić information content (AvgIpc) is 2.55. The molecule has 0 aliphatic rings. The molecule has 0 spiro atoms. The maximum atomic E-state index is 11.9. The Bertz CT molecular complexity index is 507. The molecular weight excluding hydrogens is 306 g/mol. The lowest BCUT2D eigenvalue weighted by molar-refractivity contribution is -0.382. The van der Waals surface area contributed by atoms with Crippen molar-refractivity contribution in [3.63, 3.8) is 0 Å². The van der Waals surface area contributed by atoms with Gasteiger partial charge in [-0.25, -0.2) is 0 Å². The summed E-state index contributed by atoms with van der Waals surface area (Å²) in [6.07, 6.45) is -2.28. The lowest BCUT2D eigenvalue weighted by Crippen LogP contribution is -2.37. The molecule has 0 heterocycles. The summed E-state index contributed by atoms with van der Waals surface area (Å²) >= 11 is 0. The highest BCUT2D eigenvalue weighted by Gasteiger charge is 2.13. The fourth-order valence-corrected chi connectivity index (χ4v) is 1.66. The summed E-state index contributed by atoms with van der Waals surface area (Å²) < 4.78 is 0. The number of hydrogen-bond acceptors (Lipinski definition) is 7. The molecule has 2 unspecified atom stereocenters. The lowest BCUT2D eigenvalue weighted by atomic mass is 10.1. The molecule has 1 aromatic carbocycles. The molecule has 23 heavy (non-hydrogen) atoms. The van der Waals surface area contributed by atoms with Crippen LogP contribution in [0.25, 0.3) is 0 Å². The van der Waals surface area contributed by atoms with Gasteiger partial charge in [0.05, 0.1) is 18.8 Å². The van der Waals surface area contributed by atoms with Crippen LogP contribution in [0, 0.1) is 0 Å². The number of anilines is 1. The highest BCUT2D eigenvalue weighted by atomic mass is 16.3. The molecule has 0 aromatic heterocycles. The van der Waals surface area contributed by atoms with E-state index in [0.29, 0.717) is 0 Å². The van der Waals surface area contributed by atoms with E-state index in [2.05, 4.69) is 10.6 Å². The van der Waals surface area contributed by atoms with Crippen molar-refractivity contribution in [1.29, 1.82) is 0 Å². The number of nitrogens with two attached hydrogens (primary N) is 1. The van der Waals surface area contributed by atoms with Crippen LogP contribution in [-0.2, 0) is 0 Å². The number of carbonyl (C=O) groups excluding carboxylic acids is 2. The number of rotatable bonds is 8. The minimum absolute atomic E-state index is 0.0935. The Balaban J connectivity index is 2.78. The molecule has 1 rings (SSSR count). The standard InChI is InChI=1S/C14H20N3O6/c15-10-2-8(13(22)16-4-11(20)6-18)1-9(3-10)14(23)17-5-12(21)7-19/h1-3,11-12,18,20-21H,4-7,15H2,(H,16,22)(H,17,23)/q-1. The predicted molar refractivity (Wildman–Crippen MR) is 79.5 cm³/mol. The largest absolute Gasteiger partial charge is 0.853 e. The Kier molecular flexibility index (Phi) is 7.42. The van der Waals surface area contributed by atoms with E-state index in [1.807, 2.05) is 0 Å². The second kappa shape index (κ2) is 9.06. The number of nitrogen functional groups attached to an aromatic ring is 1. The van der Waals surface area contributed by atoms with E-state index in [1.165, 1.54) is 18.2 Å². The molecule has 128 valence electrons. The summed E-state index contributed by atoms with van der Waals surface area (Å²) in [7, 11) is 0. The summed E-state index contributed by atoms with van der Waals surface area (Å²) in [6.45, 7) is -1.59. The summed E-state index contributed by atoms with van der Waals surface area (Å²) in [6, 6.07) is 3.98. The molecule has 1 aromatic rings. The summed E-state index contributed by atoms with van der Waals surface area (Å²) in [4.78, 5) is 23.9. The Morgan fingerprint density at radius 1 is 1.04 bits per heavy atom. The maximum absolute atomic E-state index is 11.9. The first kappa shape index (κ1) is 18.8. The van der Waals surface area contributed by atoms with Crippen LogP contribution in [-0.4, -0.2) is 65.6 Å². The van der Waals surface area contributed by atoms with E-state index in [1.54, 1.807) is 0 Å². The molecule has 2 amide bonds. The SMILES string of the molecule is Nc1cc(C(=O)NCC(O)C[O-])cc(C(=O)NCC(O)CO)c1. The van der Waals surface area contributed by atoms with Crippen LogP contribution in [0.4, 0.5) is 5.69 Å². The fraction of sp³-hybridized carbons (Fsp3) is 0.429. The Morgan fingerprint density at radius 2 is 1.52 bits per heavy atom. The Morgan fingerprint density at radius 3 is 1.96 bits per heavy atom. The predicted octanol–water partition coefficient (Wildman–Crippen LogP) is -3.20. The lowest BCUT2D eigenvalue weighted by Gasteiger charge is -2.14. The van der Waals surface area contributed by atoms with Crippen molar-refractivity contribution in [2.75, 3.05) is 32.0 Å². The zero-order valence-electron chi connectivity index (χ0n) is 12.4. The van der Waals surface area contributed by atoms with E-state index >= 15 is 0 Å². The molecule has 7 N–H and O–H groups in total. The van der Waals surface area contributed by atoms with Gasteiger partial charge in [0.2, 0.25) is 0 Å². The first-order chi connectivity index (χ1) is 10.9. The van der Waals surface area contributed by atoms with Crippen LogP contribution in [0.5, 0.6) is 0 Å². The minimum Gasteiger partial charge on any atom is -0.853 e. The van der Waals surface area contributed by atoms with E-state index in [0.717, 1.165) is 0 Å². The zero-order valence-corrected chi connectivity index (χ0v) is 12.4. The summed E-state index contributed by atoms with van der Waals surface area (Å²) in [5, 5.41) is 42.2. The number of carbonyl (C=O) groups is 2. The summed E-state index contributed by atoms with van der Waals surface area (Å²) in [5.41, 5.74) is 6.02. The molecule has 9 heteroatoms. The Hall–Kier alpha value is -2.20. The van der Waals surface area contributed by atoms with Gasteiger partial charge in [-0.2, -0.15) is 0 Å². The second-order valence-electron chi connectivity index (χ2n) is 4.92. The van der Waals surface area contributed by atoms with Crippen molar-refractivity contribution in [2.24, 2.45) is 0 Å². The third-order valence-electron chi connectivity index (χ3n) is 2.88. The van der Waals surface area contributed by atoms with Crippen LogP contribution < -0.4 is 21.5 Å². The van der Waals surface area contributed by atoms with Gasteiger partial charge in [0, 0.05) is 29.9 Å². The average molecular weight is 326 g/mol. The monoisotopic (exact) mass is 326 g/mol. The van der Waals surface area contributed by atoms with Crippen molar-refractivity contribution >= 4 is 17.5 Å². The first-order valence-electron chi connectivity index (χ1n) is 6.89. The molecular formula is C14H20N3O6-. The number of aliphatic hydroxyl groups excluding tert-OH is 3. The number of hydrogen-bond donors (Lipinski definition) is 6. The molecule has 0 fully saturated rings. The van der Waals surface area contributed by atoms with Gasteiger partial charge in [0.1, 0.15) is 0 Å². The van der Waals surface area contributed by atoms with Gasteiger partial charge in [-0.15, -0.1) is 6.61 Å². The molecule has 0 saturated carbocycles. The maximum Gasteiger partial charge on any atom is 0.251 e. The van der Waals surface area contributed by atoms with E-state index in [4.69, 9.17) is 15.9 Å². The van der Waals surface area contributed by atoms with Crippen LogP contribution >= 0.6 is 0 Å². The van der Waals surface area contributed by atoms with Gasteiger partial charge in [0.15, 0.2) is 0 Å². The third kappa shape index (κ3) is 6.20. The van der Waals surface area contributed by atoms with Gasteiger partial charge in [0.25, 0.3) is 11.8 Å². The van der Waals surface area contributed by atoms with Crippen molar-refractivity contribution in [2.45, 2.75) is 12.2 Å². The quantitative estimate of drug-likeness (QED) is 0.273. The van der Waals surface area contributed by atoms with Gasteiger partial charge >= 0.3 is 0 Å². The highest BCUT2D eigenvalue weighted by Crippen LogP contribution is 2.12. The topological polar surface area (TPSA) is 168 Å². The number of amides is 2. The Labute approximate surface area is 132 Å². The zero-order chi connectivity index (χ0) is 17.4. The fourth-order valence-electron chi connectivity index (χ4n) is 1.66. The molecule has 0 aliphatic carbocycles. The molecule has 9 nitrogen and oxygen atoms in total. The summed E-state index contributed by atoms with van der Waals surface area (Å²) in [5.74, 6) is -1.16.